The minimum Gasteiger partial charge on any atom is -0.477 e. The Morgan fingerprint density at radius 3 is 2.35 bits per heavy atom. The van der Waals surface area contributed by atoms with Crippen LogP contribution in [0.3, 0.4) is 0 Å². The van der Waals surface area contributed by atoms with E-state index in [1.807, 2.05) is 0 Å². The van der Waals surface area contributed by atoms with E-state index in [-0.39, 0.29) is 12.1 Å². The molecule has 0 amide bonds. The minimum absolute atomic E-state index is 0. The Labute approximate surface area is 116 Å². The van der Waals surface area contributed by atoms with E-state index >= 15 is 0 Å². The van der Waals surface area contributed by atoms with Gasteiger partial charge in [0.25, 0.3) is 0 Å². The van der Waals surface area contributed by atoms with Crippen LogP contribution in [0.4, 0.5) is 0 Å². The molecule has 4 unspecified atom stereocenters. The summed E-state index contributed by atoms with van der Waals surface area (Å²) >= 11 is 0. The third-order valence-electron chi connectivity index (χ3n) is 3.49. The monoisotopic (exact) mass is 292 g/mol. The van der Waals surface area contributed by atoms with E-state index in [0.717, 1.165) is 0 Å². The molecular weight excluding hydrogens is 272 g/mol. The zero-order chi connectivity index (χ0) is 14.1. The van der Waals surface area contributed by atoms with E-state index in [4.69, 9.17) is 23.7 Å². The number of aliphatic carboxylic acids is 1. The van der Waals surface area contributed by atoms with Crippen LogP contribution in [-0.4, -0.2) is 58.8 Å². The molecule has 3 aliphatic heterocycles. The zero-order valence-electron chi connectivity index (χ0n) is 11.8. The molecule has 0 aliphatic carbocycles. The smallest absolute Gasteiger partial charge is 0.367 e. The molecule has 3 rings (SSSR count). The van der Waals surface area contributed by atoms with Gasteiger partial charge in [-0.25, -0.2) is 4.79 Å². The first kappa shape index (κ1) is 15.6. The average Bonchev–Trinajstić information content (AvgIpc) is 2.67. The summed E-state index contributed by atoms with van der Waals surface area (Å²) < 4.78 is 28.0. The molecule has 0 bridgehead atoms. The minimum atomic E-state index is -1.82. The fourth-order valence-corrected chi connectivity index (χ4v) is 2.82. The number of ether oxygens (including phenoxy) is 5. The van der Waals surface area contributed by atoms with Crippen LogP contribution in [-0.2, 0) is 28.5 Å². The summed E-state index contributed by atoms with van der Waals surface area (Å²) in [6.07, 6.45) is -1.85. The van der Waals surface area contributed by atoms with Gasteiger partial charge in [-0.3, -0.25) is 0 Å². The van der Waals surface area contributed by atoms with Gasteiger partial charge >= 0.3 is 11.8 Å². The molecule has 3 saturated heterocycles. The van der Waals surface area contributed by atoms with Gasteiger partial charge in [-0.15, -0.1) is 0 Å². The number of carboxylic acid groups (broad SMARTS) is 1. The van der Waals surface area contributed by atoms with Crippen molar-refractivity contribution >= 4 is 5.97 Å². The Morgan fingerprint density at radius 1 is 1.10 bits per heavy atom. The van der Waals surface area contributed by atoms with Gasteiger partial charge in [0.1, 0.15) is 12.2 Å². The van der Waals surface area contributed by atoms with Crippen molar-refractivity contribution in [3.05, 3.63) is 0 Å². The van der Waals surface area contributed by atoms with Crippen molar-refractivity contribution in [1.82, 2.24) is 0 Å². The van der Waals surface area contributed by atoms with Crippen LogP contribution in [0, 0.1) is 0 Å². The van der Waals surface area contributed by atoms with Gasteiger partial charge in [0.15, 0.2) is 17.7 Å². The first-order valence-electron chi connectivity index (χ1n) is 6.26. The molecule has 0 aromatic heterocycles. The second-order valence-corrected chi connectivity index (χ2v) is 5.96. The topological polar surface area (TPSA) is 115 Å². The van der Waals surface area contributed by atoms with Gasteiger partial charge in [0.2, 0.25) is 0 Å². The summed E-state index contributed by atoms with van der Waals surface area (Å²) in [6, 6.07) is 0. The highest BCUT2D eigenvalue weighted by Crippen LogP contribution is 2.48. The normalized spacial score (nSPS) is 44.3. The molecule has 0 saturated carbocycles. The van der Waals surface area contributed by atoms with Crippen molar-refractivity contribution in [2.75, 3.05) is 6.61 Å². The molecule has 0 spiro atoms. The first-order valence-corrected chi connectivity index (χ1v) is 6.26. The van der Waals surface area contributed by atoms with Crippen LogP contribution in [0.15, 0.2) is 0 Å². The van der Waals surface area contributed by atoms with Crippen LogP contribution >= 0.6 is 0 Å². The Hall–Kier alpha value is -0.770. The van der Waals surface area contributed by atoms with E-state index in [2.05, 4.69) is 0 Å². The molecule has 8 nitrogen and oxygen atoms in total. The largest absolute Gasteiger partial charge is 0.477 e. The van der Waals surface area contributed by atoms with Gasteiger partial charge in [0.05, 0.1) is 6.61 Å². The molecule has 3 N–H and O–H groups in total. The molecule has 0 aromatic carbocycles. The van der Waals surface area contributed by atoms with Gasteiger partial charge in [-0.05, 0) is 27.7 Å². The molecule has 116 valence electrons. The number of fused-ring (bicyclic) bond motifs is 3. The second kappa shape index (κ2) is 4.36. The van der Waals surface area contributed by atoms with Gasteiger partial charge in [0, 0.05) is 0 Å². The van der Waals surface area contributed by atoms with Crippen molar-refractivity contribution < 1.29 is 39.1 Å². The summed E-state index contributed by atoms with van der Waals surface area (Å²) in [7, 11) is 0. The van der Waals surface area contributed by atoms with E-state index in [1.54, 1.807) is 27.7 Å². The maximum atomic E-state index is 11.6. The Kier molecular flexibility index (Phi) is 3.40. The summed E-state index contributed by atoms with van der Waals surface area (Å²) in [5.74, 6) is -4.85. The Bertz CT molecular complexity index is 420. The van der Waals surface area contributed by atoms with Crippen LogP contribution in [0.5, 0.6) is 0 Å². The van der Waals surface area contributed by atoms with E-state index in [1.165, 1.54) is 0 Å². The summed E-state index contributed by atoms with van der Waals surface area (Å²) in [5, 5.41) is 9.46. The Morgan fingerprint density at radius 2 is 1.75 bits per heavy atom. The summed E-state index contributed by atoms with van der Waals surface area (Å²) in [6.45, 7) is 7.09. The molecule has 20 heavy (non-hydrogen) atoms. The molecule has 0 radical (unpaired) electrons. The predicted octanol–water partition coefficient (Wildman–Crippen LogP) is -0.356. The zero-order valence-corrected chi connectivity index (χ0v) is 11.8. The predicted molar refractivity (Wildman–Crippen MR) is 63.8 cm³/mol. The van der Waals surface area contributed by atoms with Crippen LogP contribution in [0.2, 0.25) is 0 Å². The van der Waals surface area contributed by atoms with Crippen molar-refractivity contribution in [2.24, 2.45) is 0 Å². The standard InChI is InChI=1S/C12H18O7.H2O/c1-10(2)15-5-6-7(17-10)8-12(16-6,9(13)14)19-11(3,4)18-8;/h6-8H,5H2,1-4H3,(H,13,14);1H2. The maximum absolute atomic E-state index is 11.6. The Balaban J connectivity index is 0.00000147. The lowest BCUT2D eigenvalue weighted by atomic mass is 10.0. The average molecular weight is 292 g/mol. The number of rotatable bonds is 1. The third-order valence-corrected chi connectivity index (χ3v) is 3.49. The highest BCUT2D eigenvalue weighted by Gasteiger charge is 2.71. The van der Waals surface area contributed by atoms with Crippen molar-refractivity contribution in [1.29, 1.82) is 0 Å². The van der Waals surface area contributed by atoms with Crippen LogP contribution in [0.1, 0.15) is 27.7 Å². The molecule has 0 aromatic rings. The van der Waals surface area contributed by atoms with E-state index in [9.17, 15) is 9.90 Å². The van der Waals surface area contributed by atoms with Crippen molar-refractivity contribution in [3.63, 3.8) is 0 Å². The fraction of sp³-hybridized carbons (Fsp3) is 0.917. The van der Waals surface area contributed by atoms with Gasteiger partial charge in [-0.2, -0.15) is 0 Å². The lowest BCUT2D eigenvalue weighted by Crippen LogP contribution is -2.52. The summed E-state index contributed by atoms with van der Waals surface area (Å²) in [5.41, 5.74) is 0. The second-order valence-electron chi connectivity index (χ2n) is 5.96. The molecule has 8 heteroatoms. The highest BCUT2D eigenvalue weighted by molar-refractivity contribution is 5.77. The SMILES string of the molecule is CC1(C)OCC2OC3(C(=O)O)OC(C)(C)OC3C2O1.O. The van der Waals surface area contributed by atoms with Crippen molar-refractivity contribution in [3.8, 4) is 0 Å². The highest BCUT2D eigenvalue weighted by atomic mass is 16.9. The fourth-order valence-electron chi connectivity index (χ4n) is 2.82. The molecule has 3 heterocycles. The summed E-state index contributed by atoms with van der Waals surface area (Å²) in [4.78, 5) is 11.6. The lowest BCUT2D eigenvalue weighted by molar-refractivity contribution is -0.325. The molecule has 3 aliphatic rings. The van der Waals surface area contributed by atoms with Gasteiger partial charge < -0.3 is 34.3 Å². The first-order chi connectivity index (χ1) is 8.65. The number of carboxylic acids is 1. The van der Waals surface area contributed by atoms with Crippen LogP contribution < -0.4 is 0 Å². The van der Waals surface area contributed by atoms with Crippen molar-refractivity contribution in [2.45, 2.75) is 63.4 Å². The lowest BCUT2D eigenvalue weighted by Gasteiger charge is -2.38. The number of hydrogen-bond donors (Lipinski definition) is 1. The molecular formula is C12H20O8. The van der Waals surface area contributed by atoms with E-state index in [0.29, 0.717) is 0 Å². The number of carbonyl (C=O) groups is 1. The van der Waals surface area contributed by atoms with E-state index < -0.39 is 41.6 Å². The number of hydrogen-bond acceptors (Lipinski definition) is 6. The molecule has 4 atom stereocenters. The third kappa shape index (κ3) is 2.12. The molecule has 3 fully saturated rings. The quantitative estimate of drug-likeness (QED) is 0.702. The van der Waals surface area contributed by atoms with Gasteiger partial charge in [-0.1, -0.05) is 0 Å². The maximum Gasteiger partial charge on any atom is 0.367 e. The van der Waals surface area contributed by atoms with Crippen LogP contribution in [0.25, 0.3) is 0 Å².